The number of aliphatic carboxylic acids is 1. The summed E-state index contributed by atoms with van der Waals surface area (Å²) in [6, 6.07) is -1.21. The molecule has 68 valence electrons. The van der Waals surface area contributed by atoms with E-state index in [1.54, 1.807) is 0 Å². The Morgan fingerprint density at radius 1 is 1.67 bits per heavy atom. The van der Waals surface area contributed by atoms with E-state index in [2.05, 4.69) is 5.32 Å². The highest BCUT2D eigenvalue weighted by Crippen LogP contribution is 2.06. The van der Waals surface area contributed by atoms with Crippen molar-refractivity contribution in [3.05, 3.63) is 0 Å². The molecule has 5 heteroatoms. The van der Waals surface area contributed by atoms with Gasteiger partial charge in [-0.1, -0.05) is 0 Å². The van der Waals surface area contributed by atoms with Crippen molar-refractivity contribution in [2.24, 2.45) is 5.73 Å². The fraction of sp³-hybridized carbons (Fsp3) is 0.714. The van der Waals surface area contributed by atoms with Gasteiger partial charge in [0.1, 0.15) is 6.04 Å². The SMILES string of the molecule is NC(CC(=O)C1CCN1)C(=O)O. The van der Waals surface area contributed by atoms with Crippen LogP contribution in [-0.4, -0.2) is 35.5 Å². The second kappa shape index (κ2) is 3.64. The third kappa shape index (κ3) is 2.02. The topological polar surface area (TPSA) is 92.4 Å². The molecule has 12 heavy (non-hydrogen) atoms. The van der Waals surface area contributed by atoms with Crippen LogP contribution in [0.2, 0.25) is 0 Å². The molecule has 0 aliphatic carbocycles. The smallest absolute Gasteiger partial charge is 0.320 e. The fourth-order valence-electron chi connectivity index (χ4n) is 1.01. The predicted molar refractivity (Wildman–Crippen MR) is 41.6 cm³/mol. The lowest BCUT2D eigenvalue weighted by Gasteiger charge is -2.26. The molecule has 0 spiro atoms. The van der Waals surface area contributed by atoms with Crippen LogP contribution in [0.25, 0.3) is 0 Å². The largest absolute Gasteiger partial charge is 0.480 e. The minimum atomic E-state index is -1.12. The Labute approximate surface area is 69.9 Å². The molecule has 0 aromatic rings. The molecule has 0 aromatic heterocycles. The Morgan fingerprint density at radius 2 is 2.25 bits per heavy atom. The standard InChI is InChI=1S/C7H12N2O3/c8-4(7(11)12)3-6(10)5-1-2-9-5/h4-5,9H,1-3,8H2,(H,11,12). The monoisotopic (exact) mass is 172 g/mol. The number of nitrogens with two attached hydrogens (primary N) is 1. The minimum Gasteiger partial charge on any atom is -0.480 e. The number of carbonyl (C=O) groups is 2. The van der Waals surface area contributed by atoms with Crippen molar-refractivity contribution in [2.45, 2.75) is 24.9 Å². The van der Waals surface area contributed by atoms with Crippen molar-refractivity contribution in [3.8, 4) is 0 Å². The second-order valence-corrected chi connectivity index (χ2v) is 2.91. The summed E-state index contributed by atoms with van der Waals surface area (Å²) in [5.41, 5.74) is 5.19. The van der Waals surface area contributed by atoms with Crippen LogP contribution < -0.4 is 11.1 Å². The first-order valence-electron chi connectivity index (χ1n) is 3.85. The van der Waals surface area contributed by atoms with E-state index in [4.69, 9.17) is 10.8 Å². The van der Waals surface area contributed by atoms with Crippen molar-refractivity contribution in [3.63, 3.8) is 0 Å². The maximum Gasteiger partial charge on any atom is 0.320 e. The molecule has 5 nitrogen and oxygen atoms in total. The van der Waals surface area contributed by atoms with Gasteiger partial charge in [-0.2, -0.15) is 0 Å². The van der Waals surface area contributed by atoms with Crippen molar-refractivity contribution >= 4 is 11.8 Å². The Morgan fingerprint density at radius 3 is 2.58 bits per heavy atom. The molecule has 0 amide bonds. The van der Waals surface area contributed by atoms with Crippen molar-refractivity contribution in [1.82, 2.24) is 5.32 Å². The number of hydrogen-bond donors (Lipinski definition) is 3. The zero-order valence-electron chi connectivity index (χ0n) is 6.62. The normalized spacial score (nSPS) is 24.2. The van der Waals surface area contributed by atoms with Gasteiger partial charge in [0, 0.05) is 6.42 Å². The van der Waals surface area contributed by atoms with Crippen molar-refractivity contribution in [1.29, 1.82) is 0 Å². The molecule has 1 saturated heterocycles. The van der Waals surface area contributed by atoms with Gasteiger partial charge < -0.3 is 16.2 Å². The van der Waals surface area contributed by atoms with Gasteiger partial charge in [0.15, 0.2) is 5.78 Å². The molecular weight excluding hydrogens is 160 g/mol. The Kier molecular flexibility index (Phi) is 2.78. The number of carboxylic acids is 1. The maximum absolute atomic E-state index is 11.1. The van der Waals surface area contributed by atoms with Crippen molar-refractivity contribution < 1.29 is 14.7 Å². The summed E-state index contributed by atoms with van der Waals surface area (Å²) in [7, 11) is 0. The van der Waals surface area contributed by atoms with Gasteiger partial charge in [-0.15, -0.1) is 0 Å². The van der Waals surface area contributed by atoms with Crippen LogP contribution in [-0.2, 0) is 9.59 Å². The van der Waals surface area contributed by atoms with Crippen LogP contribution in [0.15, 0.2) is 0 Å². The third-order valence-electron chi connectivity index (χ3n) is 1.95. The molecule has 1 rings (SSSR count). The van der Waals surface area contributed by atoms with Crippen LogP contribution in [0.4, 0.5) is 0 Å². The zero-order valence-corrected chi connectivity index (χ0v) is 6.62. The van der Waals surface area contributed by atoms with Crippen LogP contribution in [0.5, 0.6) is 0 Å². The third-order valence-corrected chi connectivity index (χ3v) is 1.95. The lowest BCUT2D eigenvalue weighted by molar-refractivity contribution is -0.140. The van der Waals surface area contributed by atoms with Crippen LogP contribution in [0.3, 0.4) is 0 Å². The average molecular weight is 172 g/mol. The number of rotatable bonds is 4. The molecule has 4 N–H and O–H groups in total. The lowest BCUT2D eigenvalue weighted by Crippen LogP contribution is -2.50. The molecule has 0 saturated carbocycles. The van der Waals surface area contributed by atoms with Gasteiger partial charge in [0.25, 0.3) is 0 Å². The van der Waals surface area contributed by atoms with E-state index in [0.29, 0.717) is 0 Å². The van der Waals surface area contributed by atoms with Gasteiger partial charge in [-0.25, -0.2) is 0 Å². The first kappa shape index (κ1) is 9.15. The predicted octanol–water partition coefficient (Wildman–Crippen LogP) is -1.28. The van der Waals surface area contributed by atoms with Gasteiger partial charge in [-0.05, 0) is 13.0 Å². The van der Waals surface area contributed by atoms with Gasteiger partial charge >= 0.3 is 5.97 Å². The van der Waals surface area contributed by atoms with Crippen LogP contribution in [0, 0.1) is 0 Å². The van der Waals surface area contributed by atoms with E-state index in [1.165, 1.54) is 0 Å². The van der Waals surface area contributed by atoms with E-state index < -0.39 is 12.0 Å². The number of carboxylic acid groups (broad SMARTS) is 1. The number of nitrogens with one attached hydrogen (secondary N) is 1. The number of Topliss-reactive ketones (excluding diaryl/α,β-unsaturated/α-hetero) is 1. The van der Waals surface area contributed by atoms with E-state index >= 15 is 0 Å². The molecule has 2 atom stereocenters. The highest BCUT2D eigenvalue weighted by molar-refractivity contribution is 5.89. The summed E-state index contributed by atoms with van der Waals surface area (Å²) in [6.07, 6.45) is 0.720. The molecule has 0 bridgehead atoms. The fourth-order valence-corrected chi connectivity index (χ4v) is 1.01. The lowest BCUT2D eigenvalue weighted by atomic mass is 9.97. The molecule has 0 radical (unpaired) electrons. The van der Waals surface area contributed by atoms with E-state index in [9.17, 15) is 9.59 Å². The van der Waals surface area contributed by atoms with E-state index in [-0.39, 0.29) is 18.2 Å². The summed E-state index contributed by atoms with van der Waals surface area (Å²) >= 11 is 0. The zero-order chi connectivity index (χ0) is 9.14. The number of carbonyl (C=O) groups excluding carboxylic acids is 1. The van der Waals surface area contributed by atoms with Gasteiger partial charge in [-0.3, -0.25) is 9.59 Å². The second-order valence-electron chi connectivity index (χ2n) is 2.91. The Balaban J connectivity index is 2.29. The summed E-state index contributed by atoms with van der Waals surface area (Å²) in [6.45, 7) is 0.832. The molecule has 0 aromatic carbocycles. The van der Waals surface area contributed by atoms with E-state index in [0.717, 1.165) is 13.0 Å². The van der Waals surface area contributed by atoms with Gasteiger partial charge in [0.2, 0.25) is 0 Å². The summed E-state index contributed by atoms with van der Waals surface area (Å²) in [5.74, 6) is -1.22. The molecule has 1 aliphatic rings. The number of hydrogen-bond acceptors (Lipinski definition) is 4. The van der Waals surface area contributed by atoms with E-state index in [1.807, 2.05) is 0 Å². The van der Waals surface area contributed by atoms with Gasteiger partial charge in [0.05, 0.1) is 6.04 Å². The first-order valence-corrected chi connectivity index (χ1v) is 3.85. The Bertz CT molecular complexity index is 201. The quantitative estimate of drug-likeness (QED) is 0.491. The first-order chi connectivity index (χ1) is 5.61. The average Bonchev–Trinajstić information content (AvgIpc) is 1.82. The molecule has 1 aliphatic heterocycles. The van der Waals surface area contributed by atoms with Crippen LogP contribution in [0.1, 0.15) is 12.8 Å². The molecule has 1 fully saturated rings. The minimum absolute atomic E-state index is 0.0764. The van der Waals surface area contributed by atoms with Crippen molar-refractivity contribution in [2.75, 3.05) is 6.54 Å². The molecule has 2 unspecified atom stereocenters. The molecule has 1 heterocycles. The highest BCUT2D eigenvalue weighted by Gasteiger charge is 2.27. The summed E-state index contributed by atoms with van der Waals surface area (Å²) < 4.78 is 0. The van der Waals surface area contributed by atoms with Crippen LogP contribution >= 0.6 is 0 Å². The molecular formula is C7H12N2O3. The Hall–Kier alpha value is -0.940. The highest BCUT2D eigenvalue weighted by atomic mass is 16.4. The summed E-state index contributed by atoms with van der Waals surface area (Å²) in [5, 5.41) is 11.3. The maximum atomic E-state index is 11.1. The number of ketones is 1. The summed E-state index contributed by atoms with van der Waals surface area (Å²) in [4.78, 5) is 21.4.